The van der Waals surface area contributed by atoms with E-state index in [9.17, 15) is 4.79 Å². The van der Waals surface area contributed by atoms with Crippen LogP contribution in [0.3, 0.4) is 0 Å². The third-order valence-corrected chi connectivity index (χ3v) is 7.02. The van der Waals surface area contributed by atoms with Crippen LogP contribution in [0.1, 0.15) is 64.7 Å². The van der Waals surface area contributed by atoms with Gasteiger partial charge in [-0.05, 0) is 54.4 Å². The Labute approximate surface area is 134 Å². The summed E-state index contributed by atoms with van der Waals surface area (Å²) in [7, 11) is 0. The van der Waals surface area contributed by atoms with E-state index in [1.54, 1.807) is 11.3 Å². The summed E-state index contributed by atoms with van der Waals surface area (Å²) in [6.45, 7) is 9.31. The number of rotatable bonds is 7. The maximum Gasteiger partial charge on any atom is 0.136 e. The standard InChI is InChI=1S/C19H30OS/c1-5-14(3)16-10-11-17(19(16,4)6-2)18(20)12-9-15-8-7-13-21-15/h7-8,13-14,16-17H,5-6,9-12H2,1-4H3. The van der Waals surface area contributed by atoms with Crippen LogP contribution < -0.4 is 0 Å². The first kappa shape index (κ1) is 16.7. The summed E-state index contributed by atoms with van der Waals surface area (Å²) in [6.07, 6.45) is 6.39. The number of hydrogen-bond donors (Lipinski definition) is 0. The lowest BCUT2D eigenvalue weighted by molar-refractivity contribution is -0.126. The highest BCUT2D eigenvalue weighted by molar-refractivity contribution is 7.09. The number of hydrogen-bond acceptors (Lipinski definition) is 2. The van der Waals surface area contributed by atoms with E-state index in [2.05, 4.69) is 45.2 Å². The van der Waals surface area contributed by atoms with E-state index in [0.29, 0.717) is 11.7 Å². The van der Waals surface area contributed by atoms with Gasteiger partial charge >= 0.3 is 0 Å². The van der Waals surface area contributed by atoms with E-state index < -0.39 is 0 Å². The highest BCUT2D eigenvalue weighted by Gasteiger charge is 2.49. The van der Waals surface area contributed by atoms with Crippen LogP contribution in [0, 0.1) is 23.2 Å². The van der Waals surface area contributed by atoms with Crippen LogP contribution in [0.25, 0.3) is 0 Å². The summed E-state index contributed by atoms with van der Waals surface area (Å²) < 4.78 is 0. The molecule has 0 aromatic carbocycles. The van der Waals surface area contributed by atoms with Gasteiger partial charge in [0, 0.05) is 17.2 Å². The van der Waals surface area contributed by atoms with Crippen molar-refractivity contribution in [2.75, 3.05) is 0 Å². The van der Waals surface area contributed by atoms with Gasteiger partial charge in [0.15, 0.2) is 0 Å². The molecule has 1 saturated carbocycles. The molecule has 0 spiro atoms. The molecule has 1 aromatic heterocycles. The lowest BCUT2D eigenvalue weighted by Gasteiger charge is -2.38. The molecule has 2 rings (SSSR count). The van der Waals surface area contributed by atoms with Crippen LogP contribution in [0.2, 0.25) is 0 Å². The van der Waals surface area contributed by atoms with Crippen molar-refractivity contribution < 1.29 is 4.79 Å². The highest BCUT2D eigenvalue weighted by Crippen LogP contribution is 2.54. The Morgan fingerprint density at radius 1 is 1.43 bits per heavy atom. The first-order valence-electron chi connectivity index (χ1n) is 8.58. The van der Waals surface area contributed by atoms with Crippen LogP contribution in [0.4, 0.5) is 0 Å². The normalized spacial score (nSPS) is 30.5. The van der Waals surface area contributed by atoms with Gasteiger partial charge in [0.1, 0.15) is 5.78 Å². The summed E-state index contributed by atoms with van der Waals surface area (Å²) in [4.78, 5) is 14.1. The summed E-state index contributed by atoms with van der Waals surface area (Å²) in [6, 6.07) is 4.22. The third-order valence-electron chi connectivity index (χ3n) is 6.09. The fourth-order valence-corrected chi connectivity index (χ4v) is 5.10. The first-order valence-corrected chi connectivity index (χ1v) is 9.46. The van der Waals surface area contributed by atoms with Crippen molar-refractivity contribution >= 4 is 17.1 Å². The molecule has 0 bridgehead atoms. The Balaban J connectivity index is 2.03. The van der Waals surface area contributed by atoms with Gasteiger partial charge in [0.25, 0.3) is 0 Å². The molecule has 0 aliphatic heterocycles. The van der Waals surface area contributed by atoms with Crippen LogP contribution in [0.15, 0.2) is 17.5 Å². The number of aryl methyl sites for hydroxylation is 1. The topological polar surface area (TPSA) is 17.1 Å². The molecule has 0 saturated heterocycles. The van der Waals surface area contributed by atoms with E-state index in [1.807, 2.05) is 0 Å². The second kappa shape index (κ2) is 7.09. The molecule has 4 atom stereocenters. The van der Waals surface area contributed by atoms with Gasteiger partial charge in [-0.15, -0.1) is 11.3 Å². The van der Waals surface area contributed by atoms with Crippen LogP contribution in [-0.4, -0.2) is 5.78 Å². The molecule has 0 amide bonds. The average molecular weight is 307 g/mol. The summed E-state index contributed by atoms with van der Waals surface area (Å²) >= 11 is 1.77. The molecule has 1 aromatic rings. The smallest absolute Gasteiger partial charge is 0.136 e. The van der Waals surface area contributed by atoms with E-state index in [1.165, 1.54) is 17.7 Å². The highest BCUT2D eigenvalue weighted by atomic mass is 32.1. The third kappa shape index (κ3) is 3.41. The molecular weight excluding hydrogens is 276 g/mol. The molecule has 118 valence electrons. The summed E-state index contributed by atoms with van der Waals surface area (Å²) in [5, 5.41) is 2.10. The van der Waals surface area contributed by atoms with E-state index in [-0.39, 0.29) is 5.41 Å². The fourth-order valence-electron chi connectivity index (χ4n) is 4.40. The molecular formula is C19H30OS. The van der Waals surface area contributed by atoms with E-state index in [0.717, 1.165) is 37.5 Å². The summed E-state index contributed by atoms with van der Waals surface area (Å²) in [5.41, 5.74) is 0.224. The van der Waals surface area contributed by atoms with Crippen molar-refractivity contribution in [1.29, 1.82) is 0 Å². The zero-order chi connectivity index (χ0) is 15.5. The van der Waals surface area contributed by atoms with Gasteiger partial charge in [0.05, 0.1) is 0 Å². The minimum atomic E-state index is 0.224. The SMILES string of the molecule is CCC(C)C1CCC(C(=O)CCc2cccs2)C1(C)CC. The van der Waals surface area contributed by atoms with Gasteiger partial charge in [-0.3, -0.25) is 4.79 Å². The summed E-state index contributed by atoms with van der Waals surface area (Å²) in [5.74, 6) is 2.27. The molecule has 1 fully saturated rings. The average Bonchev–Trinajstić information content (AvgIpc) is 3.12. The number of ketones is 1. The van der Waals surface area contributed by atoms with Crippen molar-refractivity contribution in [3.63, 3.8) is 0 Å². The van der Waals surface area contributed by atoms with Crippen molar-refractivity contribution in [2.45, 2.75) is 66.2 Å². The lowest BCUT2D eigenvalue weighted by atomic mass is 9.66. The second-order valence-electron chi connectivity index (χ2n) is 7.03. The van der Waals surface area contributed by atoms with Gasteiger partial charge < -0.3 is 0 Å². The van der Waals surface area contributed by atoms with Crippen molar-refractivity contribution in [3.8, 4) is 0 Å². The first-order chi connectivity index (χ1) is 10.0. The van der Waals surface area contributed by atoms with Crippen molar-refractivity contribution in [1.82, 2.24) is 0 Å². The van der Waals surface area contributed by atoms with Gasteiger partial charge in [-0.1, -0.05) is 40.2 Å². The zero-order valence-electron chi connectivity index (χ0n) is 14.0. The van der Waals surface area contributed by atoms with Crippen LogP contribution in [0.5, 0.6) is 0 Å². The Hall–Kier alpha value is -0.630. The number of thiophene rings is 1. The molecule has 1 heterocycles. The van der Waals surface area contributed by atoms with E-state index >= 15 is 0 Å². The quantitative estimate of drug-likeness (QED) is 0.628. The Morgan fingerprint density at radius 2 is 2.19 bits per heavy atom. The molecule has 21 heavy (non-hydrogen) atoms. The van der Waals surface area contributed by atoms with Crippen molar-refractivity contribution in [3.05, 3.63) is 22.4 Å². The molecule has 0 N–H and O–H groups in total. The Bertz CT molecular complexity index is 450. The van der Waals surface area contributed by atoms with E-state index in [4.69, 9.17) is 0 Å². The van der Waals surface area contributed by atoms with Gasteiger partial charge in [-0.2, -0.15) is 0 Å². The molecule has 2 heteroatoms. The van der Waals surface area contributed by atoms with Crippen LogP contribution >= 0.6 is 11.3 Å². The molecule has 1 aliphatic carbocycles. The number of carbonyl (C=O) groups is 1. The number of carbonyl (C=O) groups excluding carboxylic acids is 1. The second-order valence-corrected chi connectivity index (χ2v) is 8.06. The maximum absolute atomic E-state index is 12.8. The zero-order valence-corrected chi connectivity index (χ0v) is 14.8. The fraction of sp³-hybridized carbons (Fsp3) is 0.737. The predicted molar refractivity (Wildman–Crippen MR) is 91.7 cm³/mol. The van der Waals surface area contributed by atoms with Gasteiger partial charge in [-0.25, -0.2) is 0 Å². The minimum absolute atomic E-state index is 0.224. The monoisotopic (exact) mass is 306 g/mol. The molecule has 4 unspecified atom stereocenters. The largest absolute Gasteiger partial charge is 0.299 e. The Morgan fingerprint density at radius 3 is 2.76 bits per heavy atom. The molecule has 1 aliphatic rings. The lowest BCUT2D eigenvalue weighted by Crippen LogP contribution is -2.35. The van der Waals surface area contributed by atoms with Crippen LogP contribution in [-0.2, 0) is 11.2 Å². The molecule has 1 nitrogen and oxygen atoms in total. The minimum Gasteiger partial charge on any atom is -0.299 e. The number of Topliss-reactive ketones (excluding diaryl/α,β-unsaturated/α-hetero) is 1. The van der Waals surface area contributed by atoms with Gasteiger partial charge in [0.2, 0.25) is 0 Å². The Kier molecular flexibility index (Phi) is 5.65. The molecule has 0 radical (unpaired) electrons. The predicted octanol–water partition coefficient (Wildman–Crippen LogP) is 5.74. The maximum atomic E-state index is 12.8. The van der Waals surface area contributed by atoms with Crippen molar-refractivity contribution in [2.24, 2.45) is 23.2 Å².